The first-order chi connectivity index (χ1) is 22.9. The van der Waals surface area contributed by atoms with Gasteiger partial charge in [-0.2, -0.15) is 5.10 Å². The van der Waals surface area contributed by atoms with Crippen molar-refractivity contribution in [2.45, 2.75) is 66.7 Å². The molecule has 0 N–H and O–H groups in total. The van der Waals surface area contributed by atoms with Crippen LogP contribution in [0.5, 0.6) is 11.5 Å². The topological polar surface area (TPSA) is 44.9 Å². The minimum absolute atomic E-state index is 0.792. The molecule has 0 aliphatic heterocycles. The highest BCUT2D eigenvalue weighted by Gasteiger charge is 2.18. The van der Waals surface area contributed by atoms with Crippen LogP contribution in [0, 0.1) is 20.8 Å². The first-order valence-corrected chi connectivity index (χ1v) is 16.9. The summed E-state index contributed by atoms with van der Waals surface area (Å²) in [6.45, 7) is 10.8. The van der Waals surface area contributed by atoms with E-state index in [2.05, 4.69) is 135 Å². The number of aryl methyl sites for hydroxylation is 4. The Hall–Kier alpha value is -5.16. The quantitative estimate of drug-likeness (QED) is 0.143. The van der Waals surface area contributed by atoms with Gasteiger partial charge in [-0.3, -0.25) is 4.57 Å². The summed E-state index contributed by atoms with van der Waals surface area (Å²) in [4.78, 5) is 4.78. The van der Waals surface area contributed by atoms with E-state index in [1.807, 2.05) is 12.3 Å². The SMILES string of the molecule is CCCCCc1cc(Oc2ccc3c4cc(CC)ccc4n(-c4cc(C)ccn4)c3c2)cc(-n2nc(C)c(-c3ccccc3)c2C)c1. The standard InChI is InChI=1S/C42H42N4O/c1-6-8-10-13-32-23-34(46-30(5)42(29(4)44-46)33-14-11-9-12-15-33)26-36(24-32)47-35-17-18-37-38-25-31(7-2)16-19-39(38)45(40(37)27-35)41-22-28(3)20-21-43-41/h9,11-12,14-27H,6-8,10,13H2,1-5H3. The van der Waals surface area contributed by atoms with Crippen molar-refractivity contribution in [3.63, 3.8) is 0 Å². The molecule has 47 heavy (non-hydrogen) atoms. The zero-order valence-corrected chi connectivity index (χ0v) is 28.0. The normalized spacial score (nSPS) is 11.5. The van der Waals surface area contributed by atoms with Crippen molar-refractivity contribution in [3.05, 3.63) is 131 Å². The van der Waals surface area contributed by atoms with Crippen molar-refractivity contribution in [2.75, 3.05) is 0 Å². The maximum absolute atomic E-state index is 6.74. The molecule has 5 heteroatoms. The predicted molar refractivity (Wildman–Crippen MR) is 194 cm³/mol. The highest BCUT2D eigenvalue weighted by molar-refractivity contribution is 6.09. The van der Waals surface area contributed by atoms with Crippen LogP contribution in [-0.4, -0.2) is 19.3 Å². The Morgan fingerprint density at radius 1 is 0.702 bits per heavy atom. The minimum atomic E-state index is 0.792. The molecule has 0 spiro atoms. The van der Waals surface area contributed by atoms with E-state index >= 15 is 0 Å². The Bertz CT molecular complexity index is 2210. The Labute approximate surface area is 277 Å². The number of hydrogen-bond donors (Lipinski definition) is 0. The number of rotatable bonds is 10. The summed E-state index contributed by atoms with van der Waals surface area (Å²) >= 11 is 0. The van der Waals surface area contributed by atoms with Crippen molar-refractivity contribution in [1.29, 1.82) is 0 Å². The average molecular weight is 619 g/mol. The van der Waals surface area contributed by atoms with E-state index in [4.69, 9.17) is 14.8 Å². The molecule has 0 radical (unpaired) electrons. The molecule has 0 bridgehead atoms. The fraction of sp³-hybridized carbons (Fsp3) is 0.238. The maximum atomic E-state index is 6.74. The summed E-state index contributed by atoms with van der Waals surface area (Å²) in [7, 11) is 0. The zero-order chi connectivity index (χ0) is 32.5. The van der Waals surface area contributed by atoms with Gasteiger partial charge in [-0.1, -0.05) is 63.1 Å². The van der Waals surface area contributed by atoms with Gasteiger partial charge in [-0.15, -0.1) is 0 Å². The molecule has 3 aromatic heterocycles. The second kappa shape index (κ2) is 12.9. The Morgan fingerprint density at radius 2 is 1.55 bits per heavy atom. The van der Waals surface area contributed by atoms with Crippen molar-refractivity contribution in [2.24, 2.45) is 0 Å². The maximum Gasteiger partial charge on any atom is 0.137 e. The van der Waals surface area contributed by atoms with Gasteiger partial charge in [0, 0.05) is 40.4 Å². The molecule has 0 atom stereocenters. The number of fused-ring (bicyclic) bond motifs is 3. The molecule has 236 valence electrons. The second-order valence-electron chi connectivity index (χ2n) is 12.6. The third-order valence-electron chi connectivity index (χ3n) is 9.19. The monoisotopic (exact) mass is 618 g/mol. The van der Waals surface area contributed by atoms with Gasteiger partial charge in [0.05, 0.1) is 22.4 Å². The van der Waals surface area contributed by atoms with Crippen molar-refractivity contribution >= 4 is 21.8 Å². The van der Waals surface area contributed by atoms with Crippen LogP contribution in [0.25, 0.3) is 44.4 Å². The van der Waals surface area contributed by atoms with E-state index in [1.54, 1.807) is 0 Å². The first-order valence-electron chi connectivity index (χ1n) is 16.9. The van der Waals surface area contributed by atoms with Crippen molar-refractivity contribution in [3.8, 4) is 34.1 Å². The van der Waals surface area contributed by atoms with Crippen molar-refractivity contribution in [1.82, 2.24) is 19.3 Å². The molecule has 0 amide bonds. The molecule has 7 aromatic rings. The van der Waals surface area contributed by atoms with Gasteiger partial charge >= 0.3 is 0 Å². The van der Waals surface area contributed by atoms with Gasteiger partial charge in [0.1, 0.15) is 17.3 Å². The molecule has 4 aromatic carbocycles. The number of hydrogen-bond acceptors (Lipinski definition) is 3. The highest BCUT2D eigenvalue weighted by atomic mass is 16.5. The van der Waals surface area contributed by atoms with Gasteiger partial charge in [0.2, 0.25) is 0 Å². The van der Waals surface area contributed by atoms with Crippen LogP contribution in [-0.2, 0) is 12.8 Å². The molecule has 0 aliphatic rings. The smallest absolute Gasteiger partial charge is 0.137 e. The van der Waals surface area contributed by atoms with Crippen LogP contribution in [0.1, 0.15) is 61.2 Å². The van der Waals surface area contributed by atoms with Crippen LogP contribution in [0.2, 0.25) is 0 Å². The zero-order valence-electron chi connectivity index (χ0n) is 28.0. The van der Waals surface area contributed by atoms with E-state index in [1.165, 1.54) is 51.4 Å². The van der Waals surface area contributed by atoms with Gasteiger partial charge < -0.3 is 4.74 Å². The summed E-state index contributed by atoms with van der Waals surface area (Å²) in [5.74, 6) is 2.51. The van der Waals surface area contributed by atoms with Crippen LogP contribution in [0.4, 0.5) is 0 Å². The lowest BCUT2D eigenvalue weighted by Gasteiger charge is -2.13. The van der Waals surface area contributed by atoms with Crippen LogP contribution >= 0.6 is 0 Å². The van der Waals surface area contributed by atoms with Crippen LogP contribution < -0.4 is 4.74 Å². The molecule has 0 saturated heterocycles. The fourth-order valence-electron chi connectivity index (χ4n) is 6.82. The Balaban J connectivity index is 1.33. The number of benzene rings is 4. The highest BCUT2D eigenvalue weighted by Crippen LogP contribution is 2.37. The summed E-state index contributed by atoms with van der Waals surface area (Å²) in [6.07, 6.45) is 7.40. The summed E-state index contributed by atoms with van der Waals surface area (Å²) in [6, 6.07) is 34.5. The lowest BCUT2D eigenvalue weighted by atomic mass is 10.0. The average Bonchev–Trinajstić information content (AvgIpc) is 3.57. The largest absolute Gasteiger partial charge is 0.457 e. The molecular formula is C42H42N4O. The van der Waals surface area contributed by atoms with Crippen LogP contribution in [0.3, 0.4) is 0 Å². The molecule has 3 heterocycles. The first kappa shape index (κ1) is 30.5. The molecule has 7 rings (SSSR count). The number of unbranched alkanes of at least 4 members (excludes halogenated alkanes) is 2. The molecule has 5 nitrogen and oxygen atoms in total. The lowest BCUT2D eigenvalue weighted by Crippen LogP contribution is -2.02. The van der Waals surface area contributed by atoms with E-state index in [0.29, 0.717) is 0 Å². The number of nitrogens with zero attached hydrogens (tertiary/aromatic N) is 4. The Kier molecular flexibility index (Phi) is 8.38. The second-order valence-corrected chi connectivity index (χ2v) is 12.6. The van der Waals surface area contributed by atoms with E-state index in [-0.39, 0.29) is 0 Å². The number of ether oxygens (including phenoxy) is 1. The summed E-state index contributed by atoms with van der Waals surface area (Å²) in [5, 5.41) is 7.45. The fourth-order valence-corrected chi connectivity index (χ4v) is 6.82. The van der Waals surface area contributed by atoms with Gasteiger partial charge in [0.15, 0.2) is 0 Å². The summed E-state index contributed by atoms with van der Waals surface area (Å²) in [5.41, 5.74) is 11.5. The molecule has 0 aliphatic carbocycles. The van der Waals surface area contributed by atoms with E-state index in [0.717, 1.165) is 64.7 Å². The van der Waals surface area contributed by atoms with Crippen molar-refractivity contribution < 1.29 is 4.74 Å². The summed E-state index contributed by atoms with van der Waals surface area (Å²) < 4.78 is 11.1. The van der Waals surface area contributed by atoms with Gasteiger partial charge in [-0.05, 0) is 111 Å². The molecular weight excluding hydrogens is 576 g/mol. The Morgan fingerprint density at radius 3 is 2.34 bits per heavy atom. The van der Waals surface area contributed by atoms with E-state index in [9.17, 15) is 0 Å². The molecule has 0 saturated carbocycles. The van der Waals surface area contributed by atoms with Gasteiger partial charge in [-0.25, -0.2) is 9.67 Å². The molecule has 0 unspecified atom stereocenters. The number of pyridine rings is 1. The predicted octanol–water partition coefficient (Wildman–Crippen LogP) is 11.0. The van der Waals surface area contributed by atoms with Gasteiger partial charge in [0.25, 0.3) is 0 Å². The number of aromatic nitrogens is 4. The lowest BCUT2D eigenvalue weighted by molar-refractivity contribution is 0.482. The third-order valence-corrected chi connectivity index (χ3v) is 9.19. The minimum Gasteiger partial charge on any atom is -0.457 e. The third kappa shape index (κ3) is 5.94. The van der Waals surface area contributed by atoms with E-state index < -0.39 is 0 Å². The van der Waals surface area contributed by atoms with Crippen LogP contribution in [0.15, 0.2) is 103 Å². The molecule has 0 fully saturated rings.